The summed E-state index contributed by atoms with van der Waals surface area (Å²) in [6, 6.07) is 3.15. The molecule has 1 rings (SSSR count). The summed E-state index contributed by atoms with van der Waals surface area (Å²) in [6.45, 7) is 6.61. The van der Waals surface area contributed by atoms with Gasteiger partial charge in [0.2, 0.25) is 0 Å². The van der Waals surface area contributed by atoms with E-state index in [4.69, 9.17) is 9.47 Å². The van der Waals surface area contributed by atoms with Crippen molar-refractivity contribution in [3.8, 4) is 5.75 Å². The highest BCUT2D eigenvalue weighted by Gasteiger charge is 2.25. The Hall–Kier alpha value is -1.47. The average Bonchev–Trinajstić information content (AvgIpc) is 2.46. The Morgan fingerprint density at radius 1 is 1.36 bits per heavy atom. The zero-order valence-electron chi connectivity index (χ0n) is 12.0. The average molecular weight is 434 g/mol. The molecule has 0 fully saturated rings. The van der Waals surface area contributed by atoms with Gasteiger partial charge in [0.25, 0.3) is 0 Å². The van der Waals surface area contributed by atoms with Gasteiger partial charge < -0.3 is 9.47 Å². The van der Waals surface area contributed by atoms with Crippen LogP contribution in [0.15, 0.2) is 33.2 Å². The van der Waals surface area contributed by atoms with Crippen molar-refractivity contribution >= 4 is 50.1 Å². The van der Waals surface area contributed by atoms with Crippen LogP contribution in [0, 0.1) is 0 Å². The maximum atomic E-state index is 12.1. The predicted octanol–water partition coefficient (Wildman–Crippen LogP) is 3.83. The van der Waals surface area contributed by atoms with Crippen LogP contribution < -0.4 is 4.74 Å². The Kier molecular flexibility index (Phi) is 6.96. The van der Waals surface area contributed by atoms with Crippen LogP contribution in [0.5, 0.6) is 5.75 Å². The number of carbonyl (C=O) groups is 3. The number of hydrogen-bond acceptors (Lipinski definition) is 5. The smallest absolute Gasteiger partial charge is 0.352 e. The Bertz CT molecular complexity index is 625. The minimum atomic E-state index is -1.07. The molecule has 0 spiro atoms. The largest absolute Gasteiger partial charge is 0.447 e. The van der Waals surface area contributed by atoms with E-state index in [9.17, 15) is 14.4 Å². The van der Waals surface area contributed by atoms with Gasteiger partial charge in [0.15, 0.2) is 18.1 Å². The van der Waals surface area contributed by atoms with Crippen LogP contribution >= 0.6 is 31.9 Å². The monoisotopic (exact) mass is 432 g/mol. The normalized spacial score (nSPS) is 11.5. The lowest BCUT2D eigenvalue weighted by Crippen LogP contribution is -2.31. The summed E-state index contributed by atoms with van der Waals surface area (Å²) >= 11 is 6.46. The van der Waals surface area contributed by atoms with E-state index in [1.54, 1.807) is 13.0 Å². The van der Waals surface area contributed by atoms with Crippen molar-refractivity contribution in [1.29, 1.82) is 0 Å². The molecule has 1 aromatic rings. The predicted molar refractivity (Wildman–Crippen MR) is 87.8 cm³/mol. The van der Waals surface area contributed by atoms with Gasteiger partial charge in [-0.05, 0) is 41.4 Å². The Morgan fingerprint density at radius 2 is 2.00 bits per heavy atom. The maximum absolute atomic E-state index is 12.1. The lowest BCUT2D eigenvalue weighted by atomic mass is 10.2. The third kappa shape index (κ3) is 4.78. The summed E-state index contributed by atoms with van der Waals surface area (Å²) in [5.74, 6) is -1.36. The van der Waals surface area contributed by atoms with E-state index in [2.05, 4.69) is 38.4 Å². The number of halogens is 2. The van der Waals surface area contributed by atoms with Gasteiger partial charge in [0, 0.05) is 10.0 Å². The second-order valence-electron chi connectivity index (χ2n) is 4.43. The molecule has 5 nitrogen and oxygen atoms in total. The van der Waals surface area contributed by atoms with Crippen molar-refractivity contribution in [2.24, 2.45) is 0 Å². The molecule has 22 heavy (non-hydrogen) atoms. The second-order valence-corrected chi connectivity index (χ2v) is 6.20. The minimum absolute atomic E-state index is 0.0769. The van der Waals surface area contributed by atoms with Gasteiger partial charge in [-0.1, -0.05) is 29.4 Å². The van der Waals surface area contributed by atoms with E-state index in [-0.39, 0.29) is 23.3 Å². The first-order chi connectivity index (χ1) is 10.3. The maximum Gasteiger partial charge on any atom is 0.352 e. The highest BCUT2D eigenvalue weighted by atomic mass is 79.9. The van der Waals surface area contributed by atoms with Crippen molar-refractivity contribution < 1.29 is 23.9 Å². The minimum Gasteiger partial charge on any atom is -0.447 e. The lowest BCUT2D eigenvalue weighted by molar-refractivity contribution is -0.159. The van der Waals surface area contributed by atoms with Crippen LogP contribution in [-0.2, 0) is 14.3 Å². The molecule has 0 aliphatic heterocycles. The fourth-order valence-corrected chi connectivity index (χ4v) is 2.81. The molecule has 0 radical (unpaired) electrons. The molecule has 118 valence electrons. The van der Waals surface area contributed by atoms with E-state index in [0.29, 0.717) is 15.2 Å². The number of ether oxygens (including phenoxy) is 2. The van der Waals surface area contributed by atoms with E-state index in [1.807, 2.05) is 0 Å². The Morgan fingerprint density at radius 3 is 2.50 bits per heavy atom. The number of rotatable bonds is 6. The molecule has 7 heteroatoms. The van der Waals surface area contributed by atoms with E-state index >= 15 is 0 Å². The molecule has 1 unspecified atom stereocenters. The van der Waals surface area contributed by atoms with Gasteiger partial charge in [-0.15, -0.1) is 0 Å². The molecule has 0 aliphatic carbocycles. The summed E-state index contributed by atoms with van der Waals surface area (Å²) in [6.07, 6.45) is -0.263. The molecule has 0 N–H and O–H groups in total. The zero-order chi connectivity index (χ0) is 16.9. The summed E-state index contributed by atoms with van der Waals surface area (Å²) in [5, 5.41) is 0. The van der Waals surface area contributed by atoms with Crippen LogP contribution in [0.3, 0.4) is 0 Å². The SMILES string of the molecule is C=C(C)C(=O)OC(CC)C(=O)Oc1c(Br)cc(Br)cc1C=O. The van der Waals surface area contributed by atoms with Crippen molar-refractivity contribution in [1.82, 2.24) is 0 Å². The van der Waals surface area contributed by atoms with Crippen molar-refractivity contribution in [2.75, 3.05) is 0 Å². The second kappa shape index (κ2) is 8.24. The first-order valence-electron chi connectivity index (χ1n) is 6.32. The van der Waals surface area contributed by atoms with Crippen LogP contribution in [0.4, 0.5) is 0 Å². The topological polar surface area (TPSA) is 69.7 Å². The fraction of sp³-hybridized carbons (Fsp3) is 0.267. The summed E-state index contributed by atoms with van der Waals surface area (Å²) in [4.78, 5) is 34.7. The van der Waals surface area contributed by atoms with Crippen molar-refractivity contribution in [3.63, 3.8) is 0 Å². The van der Waals surface area contributed by atoms with Crippen LogP contribution in [0.1, 0.15) is 30.6 Å². The van der Waals surface area contributed by atoms with Crippen LogP contribution in [0.2, 0.25) is 0 Å². The molecular formula is C15H14Br2O5. The van der Waals surface area contributed by atoms with Gasteiger partial charge in [-0.25, -0.2) is 9.59 Å². The highest BCUT2D eigenvalue weighted by Crippen LogP contribution is 2.32. The third-order valence-corrected chi connectivity index (χ3v) is 3.65. The van der Waals surface area contributed by atoms with Gasteiger partial charge >= 0.3 is 11.9 Å². The number of hydrogen-bond donors (Lipinski definition) is 0. The summed E-state index contributed by atoms with van der Waals surface area (Å²) < 4.78 is 11.3. The molecule has 0 bridgehead atoms. The first-order valence-corrected chi connectivity index (χ1v) is 7.91. The molecule has 1 aromatic carbocycles. The standard InChI is InChI=1S/C15H14Br2O5/c1-4-12(21-14(19)8(2)3)15(20)22-13-9(7-18)5-10(16)6-11(13)17/h5-7,12H,2,4H2,1,3H3. The molecule has 1 atom stereocenters. The third-order valence-electron chi connectivity index (χ3n) is 2.60. The Balaban J connectivity index is 2.98. The number of benzene rings is 1. The fourth-order valence-electron chi connectivity index (χ4n) is 1.47. The molecule has 0 amide bonds. The van der Waals surface area contributed by atoms with Gasteiger partial charge in [0.05, 0.1) is 10.0 Å². The number of aldehydes is 1. The molecule has 0 saturated carbocycles. The van der Waals surface area contributed by atoms with Crippen molar-refractivity contribution in [2.45, 2.75) is 26.4 Å². The van der Waals surface area contributed by atoms with E-state index in [1.165, 1.54) is 13.0 Å². The number of carbonyl (C=O) groups excluding carboxylic acids is 3. The molecule has 0 aromatic heterocycles. The summed E-state index contributed by atoms with van der Waals surface area (Å²) in [7, 11) is 0. The quantitative estimate of drug-likeness (QED) is 0.295. The molecule has 0 aliphatic rings. The lowest BCUT2D eigenvalue weighted by Gasteiger charge is -2.16. The molecular weight excluding hydrogens is 420 g/mol. The highest BCUT2D eigenvalue weighted by molar-refractivity contribution is 9.11. The summed E-state index contributed by atoms with van der Waals surface area (Å²) in [5.41, 5.74) is 0.375. The number of esters is 2. The van der Waals surface area contributed by atoms with Crippen LogP contribution in [0.25, 0.3) is 0 Å². The first kappa shape index (κ1) is 18.6. The van der Waals surface area contributed by atoms with Crippen LogP contribution in [-0.4, -0.2) is 24.3 Å². The zero-order valence-corrected chi connectivity index (χ0v) is 15.2. The molecule has 0 saturated heterocycles. The Labute approximate surface area is 144 Å². The van der Waals surface area contributed by atoms with E-state index in [0.717, 1.165) is 0 Å². The van der Waals surface area contributed by atoms with Gasteiger partial charge in [-0.3, -0.25) is 4.79 Å². The van der Waals surface area contributed by atoms with Gasteiger partial charge in [0.1, 0.15) is 0 Å². The van der Waals surface area contributed by atoms with Gasteiger partial charge in [-0.2, -0.15) is 0 Å². The van der Waals surface area contributed by atoms with E-state index < -0.39 is 18.0 Å². The molecule has 0 heterocycles. The van der Waals surface area contributed by atoms with Crippen molar-refractivity contribution in [3.05, 3.63) is 38.8 Å².